The van der Waals surface area contributed by atoms with Crippen molar-refractivity contribution in [3.63, 3.8) is 0 Å². The fourth-order valence-corrected chi connectivity index (χ4v) is 3.08. The minimum Gasteiger partial charge on any atom is -0.312 e. The maximum Gasteiger partial charge on any atom is 0.133 e. The van der Waals surface area contributed by atoms with Crippen molar-refractivity contribution in [3.05, 3.63) is 58.9 Å². The topological polar surface area (TPSA) is 12.0 Å². The van der Waals surface area contributed by atoms with E-state index in [1.807, 2.05) is 13.8 Å². The van der Waals surface area contributed by atoms with Crippen LogP contribution in [0.15, 0.2) is 30.3 Å². The number of hydrogen-bond acceptors (Lipinski definition) is 1. The van der Waals surface area contributed by atoms with Crippen LogP contribution in [0, 0.1) is 17.5 Å². The molecule has 4 heteroatoms. The first kappa shape index (κ1) is 14.1. The number of halogens is 3. The Balaban J connectivity index is 2.26. The molecule has 0 bridgehead atoms. The Kier molecular flexibility index (Phi) is 3.29. The largest absolute Gasteiger partial charge is 0.312 e. The predicted molar refractivity (Wildman–Crippen MR) is 76.5 cm³/mol. The molecule has 0 saturated carbocycles. The van der Waals surface area contributed by atoms with E-state index in [9.17, 15) is 13.2 Å². The van der Waals surface area contributed by atoms with E-state index < -0.39 is 11.6 Å². The maximum atomic E-state index is 14.2. The van der Waals surface area contributed by atoms with Crippen LogP contribution in [-0.4, -0.2) is 6.54 Å². The summed E-state index contributed by atoms with van der Waals surface area (Å²) >= 11 is 0. The van der Waals surface area contributed by atoms with Gasteiger partial charge in [0.1, 0.15) is 17.5 Å². The summed E-state index contributed by atoms with van der Waals surface area (Å²) in [7, 11) is 0. The van der Waals surface area contributed by atoms with Crippen LogP contribution in [0.3, 0.4) is 0 Å². The third kappa shape index (κ3) is 2.33. The zero-order valence-electron chi connectivity index (χ0n) is 11.9. The first-order chi connectivity index (χ1) is 9.90. The second-order valence-electron chi connectivity index (χ2n) is 6.06. The van der Waals surface area contributed by atoms with E-state index in [-0.39, 0.29) is 11.2 Å². The molecule has 2 aromatic carbocycles. The van der Waals surface area contributed by atoms with Crippen LogP contribution < -0.4 is 5.32 Å². The molecule has 1 aliphatic heterocycles. The maximum absolute atomic E-state index is 14.2. The molecule has 0 spiro atoms. The monoisotopic (exact) mass is 291 g/mol. The molecule has 110 valence electrons. The van der Waals surface area contributed by atoms with E-state index >= 15 is 0 Å². The van der Waals surface area contributed by atoms with Gasteiger partial charge in [-0.15, -0.1) is 0 Å². The highest BCUT2D eigenvalue weighted by Gasteiger charge is 2.32. The van der Waals surface area contributed by atoms with Crippen LogP contribution in [0.1, 0.15) is 25.0 Å². The van der Waals surface area contributed by atoms with Crippen molar-refractivity contribution in [2.45, 2.75) is 25.8 Å². The van der Waals surface area contributed by atoms with Gasteiger partial charge >= 0.3 is 0 Å². The summed E-state index contributed by atoms with van der Waals surface area (Å²) in [5.74, 6) is -1.53. The molecule has 0 unspecified atom stereocenters. The fraction of sp³-hybridized carbons (Fsp3) is 0.294. The zero-order chi connectivity index (χ0) is 15.2. The summed E-state index contributed by atoms with van der Waals surface area (Å²) in [5.41, 5.74) is 1.90. The highest BCUT2D eigenvalue weighted by molar-refractivity contribution is 5.70. The molecule has 1 heterocycles. The van der Waals surface area contributed by atoms with E-state index in [1.165, 1.54) is 18.2 Å². The molecule has 3 rings (SSSR count). The predicted octanol–water partition coefficient (Wildman–Crippen LogP) is 4.15. The molecule has 0 atom stereocenters. The first-order valence-corrected chi connectivity index (χ1v) is 6.88. The standard InChI is InChI=1S/C17H16F3N/c1-17(2)9-21-8-13-11(5-6-14(19)16(13)17)12-4-3-10(18)7-15(12)20/h3-7,21H,8-9H2,1-2H3. The Morgan fingerprint density at radius 3 is 2.38 bits per heavy atom. The molecule has 1 aliphatic rings. The molecule has 0 saturated heterocycles. The third-order valence-electron chi connectivity index (χ3n) is 4.03. The van der Waals surface area contributed by atoms with Crippen molar-refractivity contribution >= 4 is 0 Å². The van der Waals surface area contributed by atoms with Crippen molar-refractivity contribution in [1.29, 1.82) is 0 Å². The van der Waals surface area contributed by atoms with Crippen LogP contribution in [-0.2, 0) is 12.0 Å². The van der Waals surface area contributed by atoms with E-state index in [4.69, 9.17) is 0 Å². The van der Waals surface area contributed by atoms with Gasteiger partial charge < -0.3 is 5.32 Å². The van der Waals surface area contributed by atoms with Gasteiger partial charge in [0.05, 0.1) is 0 Å². The normalized spacial score (nSPS) is 16.6. The summed E-state index contributed by atoms with van der Waals surface area (Å²) in [6, 6.07) is 6.40. The van der Waals surface area contributed by atoms with Gasteiger partial charge in [-0.25, -0.2) is 13.2 Å². The van der Waals surface area contributed by atoms with Crippen LogP contribution in [0.2, 0.25) is 0 Å². The van der Waals surface area contributed by atoms with Crippen LogP contribution >= 0.6 is 0 Å². The molecule has 0 aliphatic carbocycles. The first-order valence-electron chi connectivity index (χ1n) is 6.88. The summed E-state index contributed by atoms with van der Waals surface area (Å²) < 4.78 is 41.4. The zero-order valence-corrected chi connectivity index (χ0v) is 11.9. The number of fused-ring (bicyclic) bond motifs is 1. The Morgan fingerprint density at radius 1 is 0.952 bits per heavy atom. The third-order valence-corrected chi connectivity index (χ3v) is 4.03. The molecule has 0 amide bonds. The lowest BCUT2D eigenvalue weighted by Gasteiger charge is -2.34. The van der Waals surface area contributed by atoms with Crippen LogP contribution in [0.5, 0.6) is 0 Å². The highest BCUT2D eigenvalue weighted by Crippen LogP contribution is 2.38. The number of benzene rings is 2. The molecule has 0 aromatic heterocycles. The van der Waals surface area contributed by atoms with Crippen molar-refractivity contribution < 1.29 is 13.2 Å². The van der Waals surface area contributed by atoms with E-state index in [0.717, 1.165) is 11.6 Å². The minimum atomic E-state index is -0.632. The Bertz CT molecular complexity index is 707. The van der Waals surface area contributed by atoms with Gasteiger partial charge in [0, 0.05) is 30.1 Å². The van der Waals surface area contributed by atoms with E-state index in [0.29, 0.717) is 29.8 Å². The lowest BCUT2D eigenvalue weighted by molar-refractivity contribution is 0.411. The van der Waals surface area contributed by atoms with E-state index in [2.05, 4.69) is 5.32 Å². The number of nitrogens with one attached hydrogen (secondary N) is 1. The van der Waals surface area contributed by atoms with Gasteiger partial charge in [0.15, 0.2) is 0 Å². The molecular formula is C17H16F3N. The molecule has 1 N–H and O–H groups in total. The lowest BCUT2D eigenvalue weighted by Crippen LogP contribution is -2.39. The Labute approximate surface area is 121 Å². The van der Waals surface area contributed by atoms with Gasteiger partial charge in [0.2, 0.25) is 0 Å². The number of rotatable bonds is 1. The summed E-state index contributed by atoms with van der Waals surface area (Å²) in [4.78, 5) is 0. The Hall–Kier alpha value is -1.81. The lowest BCUT2D eigenvalue weighted by atomic mass is 9.76. The van der Waals surface area contributed by atoms with Gasteiger partial charge in [-0.05, 0) is 34.9 Å². The SMILES string of the molecule is CC1(C)CNCc2c(-c3ccc(F)cc3F)ccc(F)c21. The second kappa shape index (κ2) is 4.88. The molecule has 2 aromatic rings. The van der Waals surface area contributed by atoms with Crippen LogP contribution in [0.4, 0.5) is 13.2 Å². The van der Waals surface area contributed by atoms with Gasteiger partial charge in [-0.2, -0.15) is 0 Å². The molecule has 21 heavy (non-hydrogen) atoms. The Morgan fingerprint density at radius 2 is 1.67 bits per heavy atom. The van der Waals surface area contributed by atoms with Gasteiger partial charge in [-0.3, -0.25) is 0 Å². The van der Waals surface area contributed by atoms with Gasteiger partial charge in [-0.1, -0.05) is 19.9 Å². The van der Waals surface area contributed by atoms with Crippen molar-refractivity contribution in [1.82, 2.24) is 5.32 Å². The highest BCUT2D eigenvalue weighted by atomic mass is 19.1. The molecule has 1 nitrogen and oxygen atoms in total. The van der Waals surface area contributed by atoms with E-state index in [1.54, 1.807) is 6.07 Å². The fourth-order valence-electron chi connectivity index (χ4n) is 3.08. The van der Waals surface area contributed by atoms with Crippen molar-refractivity contribution in [2.24, 2.45) is 0 Å². The second-order valence-corrected chi connectivity index (χ2v) is 6.06. The summed E-state index contributed by atoms with van der Waals surface area (Å²) in [5, 5.41) is 3.24. The van der Waals surface area contributed by atoms with Crippen molar-refractivity contribution in [2.75, 3.05) is 6.54 Å². The molecular weight excluding hydrogens is 275 g/mol. The average molecular weight is 291 g/mol. The van der Waals surface area contributed by atoms with Crippen LogP contribution in [0.25, 0.3) is 11.1 Å². The average Bonchev–Trinajstić information content (AvgIpc) is 2.39. The number of hydrogen-bond donors (Lipinski definition) is 1. The quantitative estimate of drug-likeness (QED) is 0.832. The summed E-state index contributed by atoms with van der Waals surface area (Å²) in [6.07, 6.45) is 0. The molecule has 0 fully saturated rings. The minimum absolute atomic E-state index is 0.275. The molecule has 0 radical (unpaired) electrons. The van der Waals surface area contributed by atoms with Gasteiger partial charge in [0.25, 0.3) is 0 Å². The van der Waals surface area contributed by atoms with Crippen molar-refractivity contribution in [3.8, 4) is 11.1 Å². The summed E-state index contributed by atoms with van der Waals surface area (Å²) in [6.45, 7) is 5.03. The smallest absolute Gasteiger partial charge is 0.133 e.